The zero-order chi connectivity index (χ0) is 6.69. The third-order valence-electron chi connectivity index (χ3n) is 1.17. The van der Waals surface area contributed by atoms with Gasteiger partial charge < -0.3 is 0 Å². The van der Waals surface area contributed by atoms with Crippen molar-refractivity contribution in [3.05, 3.63) is 30.1 Å². The predicted octanol–water partition coefficient (Wildman–Crippen LogP) is 1.31. The van der Waals surface area contributed by atoms with Gasteiger partial charge in [0.2, 0.25) is 0 Å². The van der Waals surface area contributed by atoms with Gasteiger partial charge in [-0.3, -0.25) is 0 Å². The molecule has 9 heavy (non-hydrogen) atoms. The summed E-state index contributed by atoms with van der Waals surface area (Å²) in [6.45, 7) is 2.14. The fourth-order valence-electron chi connectivity index (χ4n) is 0.623. The van der Waals surface area contributed by atoms with Crippen LogP contribution in [0.2, 0.25) is 0 Å². The molecule has 0 aliphatic rings. The number of rotatable bonds is 1. The second kappa shape index (κ2) is 3.03. The zero-order valence-electron chi connectivity index (χ0n) is 5.28. The molecule has 2 radical (unpaired) electrons. The van der Waals surface area contributed by atoms with E-state index in [1.807, 2.05) is 12.3 Å². The Hall–Kier alpha value is -0.292. The van der Waals surface area contributed by atoms with Gasteiger partial charge >= 0.3 is 63.6 Å². The Labute approximate surface area is 64.0 Å². The van der Waals surface area contributed by atoms with Crippen LogP contribution >= 0.6 is 0 Å². The Kier molecular flexibility index (Phi) is 2.29. The van der Waals surface area contributed by atoms with Crippen molar-refractivity contribution in [2.24, 2.45) is 0 Å². The average Bonchev–Trinajstić information content (AvgIpc) is 1.90. The predicted molar refractivity (Wildman–Crippen MR) is 38.4 cm³/mol. The number of aromatic nitrogens is 1. The van der Waals surface area contributed by atoms with Gasteiger partial charge in [-0.05, 0) is 0 Å². The molecule has 1 unspecified atom stereocenters. The maximum atomic E-state index is 4.00. The number of hydrogen-bond donors (Lipinski definition) is 0. The molecule has 0 saturated carbocycles. The Morgan fingerprint density at radius 1 is 1.67 bits per heavy atom. The summed E-state index contributed by atoms with van der Waals surface area (Å²) < 4.78 is 0.534. The van der Waals surface area contributed by atoms with Gasteiger partial charge in [0.15, 0.2) is 0 Å². The maximum absolute atomic E-state index is 4.00. The molecule has 1 heterocycles. The molecular weight excluding hydrogens is 173 g/mol. The number of nitrogens with zero attached hydrogens (tertiary/aromatic N) is 1. The van der Waals surface area contributed by atoms with Gasteiger partial charge in [0.25, 0.3) is 0 Å². The van der Waals surface area contributed by atoms with Crippen molar-refractivity contribution in [1.29, 1.82) is 0 Å². The van der Waals surface area contributed by atoms with Crippen molar-refractivity contribution in [3.63, 3.8) is 0 Å². The molecule has 1 atom stereocenters. The van der Waals surface area contributed by atoms with Crippen LogP contribution in [0.15, 0.2) is 24.5 Å². The van der Waals surface area contributed by atoms with Gasteiger partial charge in [0, 0.05) is 0 Å². The molecule has 46 valence electrons. The first-order valence-electron chi connectivity index (χ1n) is 2.88. The van der Waals surface area contributed by atoms with E-state index in [1.165, 1.54) is 5.56 Å². The first-order valence-corrected chi connectivity index (χ1v) is 3.97. The fraction of sp³-hybridized carbons (Fsp3) is 0.286. The molecule has 2 heteroatoms. The first-order chi connectivity index (χ1) is 4.30. The van der Waals surface area contributed by atoms with E-state index in [4.69, 9.17) is 0 Å². The molecule has 1 aromatic rings. The van der Waals surface area contributed by atoms with Crippen LogP contribution in [-0.2, 0) is 0 Å². The van der Waals surface area contributed by atoms with Gasteiger partial charge in [0.05, 0.1) is 0 Å². The summed E-state index contributed by atoms with van der Waals surface area (Å²) in [4.78, 5) is 4.00. The third kappa shape index (κ3) is 1.83. The molecule has 0 bridgehead atoms. The van der Waals surface area contributed by atoms with Crippen molar-refractivity contribution in [2.75, 3.05) is 0 Å². The van der Waals surface area contributed by atoms with E-state index in [0.29, 0.717) is 4.71 Å². The van der Waals surface area contributed by atoms with Crippen LogP contribution in [0.5, 0.6) is 0 Å². The van der Waals surface area contributed by atoms with Crippen LogP contribution in [0.4, 0.5) is 0 Å². The van der Waals surface area contributed by atoms with Crippen LogP contribution in [0.1, 0.15) is 17.2 Å². The monoisotopic (exact) mass is 181 g/mol. The molecule has 0 saturated heterocycles. The molecule has 1 rings (SSSR count). The van der Waals surface area contributed by atoms with Crippen molar-refractivity contribution in [2.45, 2.75) is 11.6 Å². The summed E-state index contributed by atoms with van der Waals surface area (Å²) in [7, 11) is 0. The number of pyridine rings is 1. The van der Waals surface area contributed by atoms with E-state index >= 15 is 0 Å². The molecule has 0 N–H and O–H groups in total. The Morgan fingerprint density at radius 2 is 2.44 bits per heavy atom. The van der Waals surface area contributed by atoms with Gasteiger partial charge in [-0.25, -0.2) is 0 Å². The van der Waals surface area contributed by atoms with Crippen molar-refractivity contribution < 1.29 is 0 Å². The average molecular weight is 181 g/mol. The van der Waals surface area contributed by atoms with Gasteiger partial charge in [-0.1, -0.05) is 0 Å². The Balaban J connectivity index is 2.85. The molecule has 0 amide bonds. The van der Waals surface area contributed by atoms with E-state index in [1.54, 1.807) is 6.20 Å². The van der Waals surface area contributed by atoms with Crippen molar-refractivity contribution in [3.8, 4) is 0 Å². The van der Waals surface area contributed by atoms with E-state index in [9.17, 15) is 0 Å². The summed E-state index contributed by atoms with van der Waals surface area (Å²) in [5, 5.41) is 0. The summed E-state index contributed by atoms with van der Waals surface area (Å²) >= 11 is 2.59. The minimum absolute atomic E-state index is 0.534. The fourth-order valence-corrected chi connectivity index (χ4v) is 0.944. The molecular formula is C7H8AsN. The second-order valence-corrected chi connectivity index (χ2v) is 3.59. The van der Waals surface area contributed by atoms with E-state index in [2.05, 4.69) is 34.8 Å². The normalized spacial score (nSPS) is 13.1. The SMILES string of the molecule is CC([As])c1cccnc1. The van der Waals surface area contributed by atoms with E-state index in [0.717, 1.165) is 0 Å². The molecule has 1 nitrogen and oxygen atoms in total. The second-order valence-electron chi connectivity index (χ2n) is 1.96. The van der Waals surface area contributed by atoms with Gasteiger partial charge in [-0.15, -0.1) is 0 Å². The molecule has 0 aliphatic heterocycles. The zero-order valence-corrected chi connectivity index (χ0v) is 7.16. The van der Waals surface area contributed by atoms with Crippen LogP contribution < -0.4 is 0 Å². The number of hydrogen-bond acceptors (Lipinski definition) is 1. The molecule has 0 fully saturated rings. The minimum atomic E-state index is 0.534. The van der Waals surface area contributed by atoms with Crippen LogP contribution in [0, 0.1) is 0 Å². The Morgan fingerprint density at radius 3 is 2.78 bits per heavy atom. The molecule has 0 aromatic carbocycles. The van der Waals surface area contributed by atoms with E-state index in [-0.39, 0.29) is 0 Å². The Bertz CT molecular complexity index is 172. The van der Waals surface area contributed by atoms with Gasteiger partial charge in [0.1, 0.15) is 0 Å². The topological polar surface area (TPSA) is 12.9 Å². The van der Waals surface area contributed by atoms with Crippen molar-refractivity contribution >= 4 is 16.9 Å². The summed E-state index contributed by atoms with van der Waals surface area (Å²) in [5.41, 5.74) is 1.28. The van der Waals surface area contributed by atoms with Gasteiger partial charge in [-0.2, -0.15) is 0 Å². The van der Waals surface area contributed by atoms with E-state index < -0.39 is 0 Å². The van der Waals surface area contributed by atoms with Crippen LogP contribution in [0.25, 0.3) is 0 Å². The first kappa shape index (κ1) is 6.82. The summed E-state index contributed by atoms with van der Waals surface area (Å²) in [6.07, 6.45) is 3.68. The van der Waals surface area contributed by atoms with Crippen molar-refractivity contribution in [1.82, 2.24) is 4.98 Å². The molecule has 1 aromatic heterocycles. The van der Waals surface area contributed by atoms with Crippen LogP contribution in [-0.4, -0.2) is 21.8 Å². The van der Waals surface area contributed by atoms with Crippen LogP contribution in [0.3, 0.4) is 0 Å². The quantitative estimate of drug-likeness (QED) is 0.595. The summed E-state index contributed by atoms with van der Waals surface area (Å²) in [5.74, 6) is 0. The molecule has 0 aliphatic carbocycles. The standard InChI is InChI=1S/C7H8AsN/c1-6(8)7-3-2-4-9-5-7/h2-6H,1H3. The third-order valence-corrected chi connectivity index (χ3v) is 1.79. The summed E-state index contributed by atoms with van der Waals surface area (Å²) in [6, 6.07) is 4.04. The molecule has 0 spiro atoms.